The van der Waals surface area contributed by atoms with Crippen LogP contribution in [0.5, 0.6) is 0 Å². The summed E-state index contributed by atoms with van der Waals surface area (Å²) in [5, 5.41) is 4.64. The Bertz CT molecular complexity index is 404. The molecule has 1 aromatic rings. The van der Waals surface area contributed by atoms with Crippen LogP contribution in [0.3, 0.4) is 0 Å². The molecule has 1 N–H and O–H groups in total. The molecule has 18 heavy (non-hydrogen) atoms. The van der Waals surface area contributed by atoms with Gasteiger partial charge in [0.15, 0.2) is 5.11 Å². The summed E-state index contributed by atoms with van der Waals surface area (Å²) in [5.74, 6) is 0. The first-order valence-electron chi connectivity index (χ1n) is 5.66. The maximum absolute atomic E-state index is 5.83. The predicted octanol–water partition coefficient (Wildman–Crippen LogP) is 3.39. The lowest BCUT2D eigenvalue weighted by Crippen LogP contribution is -2.39. The normalized spacial score (nSPS) is 9.61. The number of halogens is 1. The van der Waals surface area contributed by atoms with E-state index in [0.29, 0.717) is 24.7 Å². The molecule has 0 fully saturated rings. The standard InChI is InChI=1S/C14H17ClN2S/c1-3-9-17(10-4-2)14(18)16-11-12-5-7-13(15)8-6-12/h3-8H,1-2,9-11H2,(H,16,18). The molecule has 0 spiro atoms. The van der Waals surface area contributed by atoms with Crippen molar-refractivity contribution in [3.63, 3.8) is 0 Å². The minimum absolute atomic E-state index is 0.681. The fourth-order valence-corrected chi connectivity index (χ4v) is 1.79. The van der Waals surface area contributed by atoms with Gasteiger partial charge >= 0.3 is 0 Å². The van der Waals surface area contributed by atoms with Crippen molar-refractivity contribution in [3.8, 4) is 0 Å². The van der Waals surface area contributed by atoms with Crippen LogP contribution in [-0.2, 0) is 6.54 Å². The monoisotopic (exact) mass is 280 g/mol. The van der Waals surface area contributed by atoms with Crippen molar-refractivity contribution in [2.24, 2.45) is 0 Å². The van der Waals surface area contributed by atoms with Gasteiger partial charge in [0.2, 0.25) is 0 Å². The van der Waals surface area contributed by atoms with Crippen molar-refractivity contribution in [1.82, 2.24) is 10.2 Å². The first kappa shape index (κ1) is 14.7. The number of nitrogens with zero attached hydrogens (tertiary/aromatic N) is 1. The maximum Gasteiger partial charge on any atom is 0.169 e. The van der Waals surface area contributed by atoms with E-state index in [0.717, 1.165) is 10.6 Å². The van der Waals surface area contributed by atoms with Gasteiger partial charge in [0.1, 0.15) is 0 Å². The molecule has 0 aliphatic carbocycles. The molecule has 2 nitrogen and oxygen atoms in total. The number of hydrogen-bond donors (Lipinski definition) is 1. The van der Waals surface area contributed by atoms with Crippen LogP contribution in [0.1, 0.15) is 5.56 Å². The van der Waals surface area contributed by atoms with Gasteiger partial charge in [-0.2, -0.15) is 0 Å². The van der Waals surface area contributed by atoms with E-state index in [4.69, 9.17) is 23.8 Å². The summed E-state index contributed by atoms with van der Waals surface area (Å²) in [4.78, 5) is 1.99. The summed E-state index contributed by atoms with van der Waals surface area (Å²) in [6.07, 6.45) is 3.64. The summed E-state index contributed by atoms with van der Waals surface area (Å²) in [6.45, 7) is 9.53. The van der Waals surface area contributed by atoms with Crippen LogP contribution in [-0.4, -0.2) is 23.1 Å². The molecule has 1 rings (SSSR count). The fraction of sp³-hybridized carbons (Fsp3) is 0.214. The summed E-state index contributed by atoms with van der Waals surface area (Å²) in [6, 6.07) is 7.69. The lowest BCUT2D eigenvalue weighted by Gasteiger charge is -2.23. The van der Waals surface area contributed by atoms with E-state index in [-0.39, 0.29) is 0 Å². The number of benzene rings is 1. The van der Waals surface area contributed by atoms with Gasteiger partial charge in [0, 0.05) is 24.7 Å². The molecule has 0 saturated carbocycles. The lowest BCUT2D eigenvalue weighted by molar-refractivity contribution is 0.501. The van der Waals surface area contributed by atoms with E-state index in [1.165, 1.54) is 0 Å². The number of thiocarbonyl (C=S) groups is 1. The van der Waals surface area contributed by atoms with Crippen molar-refractivity contribution in [1.29, 1.82) is 0 Å². The minimum Gasteiger partial charge on any atom is -0.358 e. The smallest absolute Gasteiger partial charge is 0.169 e. The van der Waals surface area contributed by atoms with E-state index in [9.17, 15) is 0 Å². The summed E-state index contributed by atoms with van der Waals surface area (Å²) < 4.78 is 0. The van der Waals surface area contributed by atoms with Gasteiger partial charge in [-0.1, -0.05) is 35.9 Å². The number of nitrogens with one attached hydrogen (secondary N) is 1. The average Bonchev–Trinajstić information content (AvgIpc) is 2.37. The van der Waals surface area contributed by atoms with Gasteiger partial charge in [0.05, 0.1) is 0 Å². The van der Waals surface area contributed by atoms with Gasteiger partial charge in [-0.3, -0.25) is 0 Å². The van der Waals surface area contributed by atoms with Crippen LogP contribution in [0.4, 0.5) is 0 Å². The topological polar surface area (TPSA) is 15.3 Å². The van der Waals surface area contributed by atoms with Crippen LogP contribution in [0, 0.1) is 0 Å². The average molecular weight is 281 g/mol. The number of rotatable bonds is 6. The highest BCUT2D eigenvalue weighted by atomic mass is 35.5. The molecule has 4 heteroatoms. The van der Waals surface area contributed by atoms with Gasteiger partial charge < -0.3 is 10.2 Å². The first-order valence-corrected chi connectivity index (χ1v) is 6.45. The van der Waals surface area contributed by atoms with E-state index in [2.05, 4.69) is 18.5 Å². The van der Waals surface area contributed by atoms with Crippen LogP contribution in [0.15, 0.2) is 49.6 Å². The Labute approximate surface area is 119 Å². The molecule has 0 heterocycles. The van der Waals surface area contributed by atoms with Crippen LogP contribution in [0.25, 0.3) is 0 Å². The van der Waals surface area contributed by atoms with Crippen LogP contribution in [0.2, 0.25) is 5.02 Å². The Balaban J connectivity index is 2.50. The molecule has 0 bridgehead atoms. The Morgan fingerprint density at radius 3 is 2.28 bits per heavy atom. The van der Waals surface area contributed by atoms with Gasteiger partial charge in [0.25, 0.3) is 0 Å². The third kappa shape index (κ3) is 4.90. The van der Waals surface area contributed by atoms with E-state index in [1.807, 2.05) is 41.3 Å². The first-order chi connectivity index (χ1) is 8.67. The Morgan fingerprint density at radius 2 is 1.78 bits per heavy atom. The second-order valence-electron chi connectivity index (χ2n) is 3.77. The van der Waals surface area contributed by atoms with Crippen molar-refractivity contribution >= 4 is 28.9 Å². The Hall–Kier alpha value is -1.32. The second-order valence-corrected chi connectivity index (χ2v) is 4.59. The zero-order chi connectivity index (χ0) is 13.4. The molecule has 96 valence electrons. The second kappa shape index (κ2) is 7.90. The molecule has 0 aromatic heterocycles. The summed E-state index contributed by atoms with van der Waals surface area (Å²) >= 11 is 11.2. The van der Waals surface area contributed by atoms with E-state index >= 15 is 0 Å². The van der Waals surface area contributed by atoms with Crippen LogP contribution < -0.4 is 5.32 Å². The lowest BCUT2D eigenvalue weighted by atomic mass is 10.2. The van der Waals surface area contributed by atoms with Gasteiger partial charge in [-0.25, -0.2) is 0 Å². The fourth-order valence-electron chi connectivity index (χ4n) is 1.44. The Morgan fingerprint density at radius 1 is 1.22 bits per heavy atom. The summed E-state index contributed by atoms with van der Waals surface area (Å²) in [7, 11) is 0. The zero-order valence-corrected chi connectivity index (χ0v) is 11.8. The Kier molecular flexibility index (Phi) is 6.47. The molecular formula is C14H17ClN2S. The van der Waals surface area contributed by atoms with Crippen molar-refractivity contribution < 1.29 is 0 Å². The van der Waals surface area contributed by atoms with Crippen molar-refractivity contribution in [3.05, 3.63) is 60.2 Å². The molecular weight excluding hydrogens is 264 g/mol. The van der Waals surface area contributed by atoms with Crippen LogP contribution >= 0.6 is 23.8 Å². The van der Waals surface area contributed by atoms with Crippen molar-refractivity contribution in [2.45, 2.75) is 6.54 Å². The quantitative estimate of drug-likeness (QED) is 0.635. The highest BCUT2D eigenvalue weighted by molar-refractivity contribution is 7.80. The van der Waals surface area contributed by atoms with E-state index < -0.39 is 0 Å². The SMILES string of the molecule is C=CCN(CC=C)C(=S)NCc1ccc(Cl)cc1. The largest absolute Gasteiger partial charge is 0.358 e. The molecule has 1 aromatic carbocycles. The highest BCUT2D eigenvalue weighted by Gasteiger charge is 2.05. The number of hydrogen-bond acceptors (Lipinski definition) is 1. The van der Waals surface area contributed by atoms with Crippen molar-refractivity contribution in [2.75, 3.05) is 13.1 Å². The third-order valence-electron chi connectivity index (χ3n) is 2.34. The predicted molar refractivity (Wildman–Crippen MR) is 82.9 cm³/mol. The zero-order valence-electron chi connectivity index (χ0n) is 10.2. The molecule has 0 atom stereocenters. The minimum atomic E-state index is 0.681. The molecule has 0 aliphatic rings. The highest BCUT2D eigenvalue weighted by Crippen LogP contribution is 2.09. The molecule has 0 amide bonds. The summed E-state index contributed by atoms with van der Waals surface area (Å²) in [5.41, 5.74) is 1.14. The maximum atomic E-state index is 5.83. The van der Waals surface area contributed by atoms with Gasteiger partial charge in [-0.15, -0.1) is 13.2 Å². The molecule has 0 radical (unpaired) electrons. The van der Waals surface area contributed by atoms with Gasteiger partial charge in [-0.05, 0) is 29.9 Å². The third-order valence-corrected chi connectivity index (χ3v) is 3.00. The molecule has 0 unspecified atom stereocenters. The van der Waals surface area contributed by atoms with E-state index in [1.54, 1.807) is 0 Å². The molecule has 0 aliphatic heterocycles. The molecule has 0 saturated heterocycles.